The van der Waals surface area contributed by atoms with Gasteiger partial charge in [-0.3, -0.25) is 14.0 Å². The molecule has 3 aromatic rings. The highest BCUT2D eigenvalue weighted by atomic mass is 35.5. The Morgan fingerprint density at radius 3 is 2.24 bits per heavy atom. The van der Waals surface area contributed by atoms with Crippen molar-refractivity contribution in [3.63, 3.8) is 0 Å². The average molecular weight is 849 g/mol. The van der Waals surface area contributed by atoms with Crippen molar-refractivity contribution in [1.29, 1.82) is 5.26 Å². The van der Waals surface area contributed by atoms with Gasteiger partial charge in [0.25, 0.3) is 0 Å². The molecule has 0 bridgehead atoms. The van der Waals surface area contributed by atoms with Crippen LogP contribution in [-0.4, -0.2) is 86.9 Å². The summed E-state index contributed by atoms with van der Waals surface area (Å²) < 4.78 is 43.0. The molecule has 322 valence electrons. The summed E-state index contributed by atoms with van der Waals surface area (Å²) in [6.45, 7) is 5.17. The van der Waals surface area contributed by atoms with Crippen LogP contribution >= 0.6 is 19.4 Å². The zero-order valence-electron chi connectivity index (χ0n) is 33.8. The smallest absolute Gasteiger partial charge is 0.387 e. The van der Waals surface area contributed by atoms with Crippen LogP contribution in [0.5, 0.6) is 0 Å². The molecule has 4 rings (SSSR count). The average Bonchev–Trinajstić information content (AvgIpc) is 3.76. The highest BCUT2D eigenvalue weighted by molar-refractivity contribution is 7.47. The lowest BCUT2D eigenvalue weighted by Crippen LogP contribution is -2.45. The van der Waals surface area contributed by atoms with E-state index in [-0.39, 0.29) is 24.1 Å². The van der Waals surface area contributed by atoms with E-state index in [0.717, 1.165) is 19.3 Å². The number of aliphatic hydroxyl groups excluding tert-OH is 2. The lowest BCUT2D eigenvalue weighted by Gasteiger charge is -2.28. The van der Waals surface area contributed by atoms with E-state index >= 15 is 0 Å². The van der Waals surface area contributed by atoms with E-state index < -0.39 is 51.2 Å². The Labute approximate surface area is 347 Å². The van der Waals surface area contributed by atoms with E-state index in [4.69, 9.17) is 40.6 Å². The second-order valence-electron chi connectivity index (χ2n) is 15.0. The number of nitriles is 1. The van der Waals surface area contributed by atoms with Gasteiger partial charge in [-0.05, 0) is 43.0 Å². The fourth-order valence-electron chi connectivity index (χ4n) is 6.96. The lowest BCUT2D eigenvalue weighted by atomic mass is 10.0. The number of phosphoric ester groups is 1. The highest BCUT2D eigenvalue weighted by Gasteiger charge is 2.56. The minimum atomic E-state index is -4.81. The van der Waals surface area contributed by atoms with Crippen LogP contribution < -0.4 is 5.73 Å². The zero-order chi connectivity index (χ0) is 41.8. The number of hydrogen-bond acceptors (Lipinski definition) is 13. The van der Waals surface area contributed by atoms with Crippen LogP contribution in [0.1, 0.15) is 133 Å². The molecule has 0 spiro atoms. The summed E-state index contributed by atoms with van der Waals surface area (Å²) >= 11 is 6.20. The van der Waals surface area contributed by atoms with Crippen LogP contribution in [0.25, 0.3) is 5.52 Å². The Kier molecular flexibility index (Phi) is 20.5. The number of unbranched alkanes of at least 4 members (excludes halogenated alkanes) is 15. The maximum absolute atomic E-state index is 13.1. The number of rotatable bonds is 30. The molecule has 3 heterocycles. The summed E-state index contributed by atoms with van der Waals surface area (Å²) in [5.41, 5.74) is 5.68. The van der Waals surface area contributed by atoms with Gasteiger partial charge in [-0.1, -0.05) is 121 Å². The van der Waals surface area contributed by atoms with Gasteiger partial charge in [-0.2, -0.15) is 10.4 Å². The number of aromatic nitrogens is 3. The summed E-state index contributed by atoms with van der Waals surface area (Å²) in [6.07, 6.45) is 16.3. The number of nitrogen functional groups attached to an aromatic ring is 1. The zero-order valence-corrected chi connectivity index (χ0v) is 35.4. The molecular weight excluding hydrogens is 787 g/mol. The van der Waals surface area contributed by atoms with Crippen LogP contribution in [-0.2, 0) is 34.4 Å². The van der Waals surface area contributed by atoms with Gasteiger partial charge in [0.15, 0.2) is 5.82 Å². The van der Waals surface area contributed by atoms with Crippen molar-refractivity contribution in [2.45, 2.75) is 146 Å². The molecule has 0 radical (unpaired) electrons. The normalized spacial score (nSPS) is 20.9. The molecular formula is C41H62ClN6O9P. The van der Waals surface area contributed by atoms with Gasteiger partial charge in [0.2, 0.25) is 5.72 Å². The first kappa shape index (κ1) is 47.7. The van der Waals surface area contributed by atoms with E-state index in [2.05, 4.69) is 28.7 Å². The first-order chi connectivity index (χ1) is 28.0. The van der Waals surface area contributed by atoms with Crippen LogP contribution in [0.15, 0.2) is 41.7 Å². The standard InChI is InChI=1S/C41H62ClN6O9P/c1-3-4-5-6-7-8-9-10-11-12-13-14-15-16-17-18-23-53-27-33(54-26-31-19-20-32(25-43)34(42)24-31)28-55-58(51,52)56-29-41(45-2)39(50)37(49)38(57-41)35-21-22-36-40(44)46-30-47-48(35)36/h19-22,24,30,33,37-39,49-50H,2-18,23,26-29H2,1H3,(H,51,52)(H2,44,46,47)/t33-,37+,38+,39+,41-/m1/s1. The molecule has 6 atom stereocenters. The maximum Gasteiger partial charge on any atom is 0.472 e. The van der Waals surface area contributed by atoms with Crippen molar-refractivity contribution < 1.29 is 42.9 Å². The lowest BCUT2D eigenvalue weighted by molar-refractivity contribution is -0.107. The summed E-state index contributed by atoms with van der Waals surface area (Å²) in [6, 6.07) is 10.1. The first-order valence-electron chi connectivity index (χ1n) is 20.6. The third-order valence-corrected chi connectivity index (χ3v) is 11.7. The predicted octanol–water partition coefficient (Wildman–Crippen LogP) is 8.02. The number of benzene rings is 1. The van der Waals surface area contributed by atoms with Gasteiger partial charge in [-0.15, -0.1) is 0 Å². The van der Waals surface area contributed by atoms with Gasteiger partial charge in [0, 0.05) is 6.61 Å². The number of halogens is 1. The monoisotopic (exact) mass is 848 g/mol. The van der Waals surface area contributed by atoms with Crippen molar-refractivity contribution in [2.75, 3.05) is 32.2 Å². The second-order valence-corrected chi connectivity index (χ2v) is 16.8. The van der Waals surface area contributed by atoms with Gasteiger partial charge in [0.1, 0.15) is 48.9 Å². The number of phosphoric acid groups is 1. The fourth-order valence-corrected chi connectivity index (χ4v) is 7.99. The number of aliphatic hydroxyl groups is 2. The number of nitrogens with two attached hydrogens (primary N) is 1. The molecule has 1 aromatic carbocycles. The maximum atomic E-state index is 13.1. The molecule has 5 N–H and O–H groups in total. The number of fused-ring (bicyclic) bond motifs is 1. The molecule has 1 unspecified atom stereocenters. The molecule has 1 aliphatic heterocycles. The van der Waals surface area contributed by atoms with Crippen LogP contribution in [0.4, 0.5) is 5.82 Å². The van der Waals surface area contributed by atoms with Crippen LogP contribution in [0.2, 0.25) is 5.02 Å². The molecule has 58 heavy (non-hydrogen) atoms. The molecule has 17 heteroatoms. The SMILES string of the molecule is C=N[C@]1(COP(=O)(O)OC[C@@H](COCCCCCCCCCCCCCCCCCC)OCc2ccc(C#N)c(Cl)c2)O[C@@H](c2ccc3c(N)ncnn23)[C@H](O)[C@@H]1O. The molecule has 0 aliphatic carbocycles. The largest absolute Gasteiger partial charge is 0.472 e. The predicted molar refractivity (Wildman–Crippen MR) is 222 cm³/mol. The van der Waals surface area contributed by atoms with E-state index in [1.165, 1.54) is 94.3 Å². The summed E-state index contributed by atoms with van der Waals surface area (Å²) in [4.78, 5) is 18.5. The van der Waals surface area contributed by atoms with Crippen molar-refractivity contribution in [1.82, 2.24) is 14.6 Å². The summed E-state index contributed by atoms with van der Waals surface area (Å²) in [7, 11) is -4.81. The van der Waals surface area contributed by atoms with Crippen LogP contribution in [0, 0.1) is 11.3 Å². The summed E-state index contributed by atoms with van der Waals surface area (Å²) in [5.74, 6) is 0.192. The molecule has 1 aliphatic rings. The quantitative estimate of drug-likeness (QED) is 0.0284. The van der Waals surface area contributed by atoms with Gasteiger partial charge >= 0.3 is 7.82 Å². The summed E-state index contributed by atoms with van der Waals surface area (Å²) in [5, 5.41) is 35.6. The van der Waals surface area contributed by atoms with E-state index in [1.807, 2.05) is 6.07 Å². The Bertz CT molecular complexity index is 1780. The van der Waals surface area contributed by atoms with Gasteiger partial charge in [-0.25, -0.2) is 14.1 Å². The first-order valence-corrected chi connectivity index (χ1v) is 22.5. The highest BCUT2D eigenvalue weighted by Crippen LogP contribution is 2.48. The Morgan fingerprint density at radius 1 is 1.00 bits per heavy atom. The topological polar surface area (TPSA) is 216 Å². The minimum absolute atomic E-state index is 0.0617. The minimum Gasteiger partial charge on any atom is -0.387 e. The Balaban J connectivity index is 1.20. The van der Waals surface area contributed by atoms with Gasteiger partial charge < -0.3 is 35.1 Å². The molecule has 15 nitrogen and oxygen atoms in total. The van der Waals surface area contributed by atoms with Crippen molar-refractivity contribution >= 4 is 37.5 Å². The molecule has 2 aromatic heterocycles. The number of anilines is 1. The molecule has 0 amide bonds. The third-order valence-electron chi connectivity index (χ3n) is 10.4. The molecule has 1 fully saturated rings. The van der Waals surface area contributed by atoms with Crippen molar-refractivity contribution in [3.05, 3.63) is 58.5 Å². The second kappa shape index (κ2) is 24.9. The van der Waals surface area contributed by atoms with Crippen molar-refractivity contribution in [2.24, 2.45) is 4.99 Å². The number of nitrogens with zero attached hydrogens (tertiary/aromatic N) is 5. The van der Waals surface area contributed by atoms with Crippen molar-refractivity contribution in [3.8, 4) is 6.07 Å². The third kappa shape index (κ3) is 14.6. The van der Waals surface area contributed by atoms with Crippen LogP contribution in [0.3, 0.4) is 0 Å². The Morgan fingerprint density at radius 2 is 1.64 bits per heavy atom. The van der Waals surface area contributed by atoms with E-state index in [1.54, 1.807) is 30.3 Å². The fraction of sp³-hybridized carbons (Fsp3) is 0.659. The number of hydrogen-bond donors (Lipinski definition) is 4. The number of ether oxygens (including phenoxy) is 3. The molecule has 1 saturated heterocycles. The van der Waals surface area contributed by atoms with E-state index in [9.17, 15) is 24.9 Å². The van der Waals surface area contributed by atoms with E-state index in [0.29, 0.717) is 28.9 Å². The Hall–Kier alpha value is -3.00. The van der Waals surface area contributed by atoms with Gasteiger partial charge in [0.05, 0.1) is 36.1 Å². The number of aliphatic imine (C=N–C) groups is 1. The molecule has 0 saturated carbocycles.